The summed E-state index contributed by atoms with van der Waals surface area (Å²) in [5.74, 6) is -11.5. The van der Waals surface area contributed by atoms with Crippen molar-refractivity contribution in [3.8, 4) is 0 Å². The standard InChI is InChI=1S/C6H6F7N/c1-3(2-14)4(7,8)5(9,10)6(11,12)13/h1-2,14H2. The van der Waals surface area contributed by atoms with Crippen molar-refractivity contribution in [2.45, 2.75) is 18.0 Å². The summed E-state index contributed by atoms with van der Waals surface area (Å²) in [6.45, 7) is 1.22. The van der Waals surface area contributed by atoms with Crippen LogP contribution in [0.2, 0.25) is 0 Å². The Morgan fingerprint density at radius 2 is 1.36 bits per heavy atom. The second-order valence-electron chi connectivity index (χ2n) is 2.45. The summed E-state index contributed by atoms with van der Waals surface area (Å²) < 4.78 is 83.7. The molecule has 0 heterocycles. The molecule has 0 aliphatic rings. The third-order valence-corrected chi connectivity index (χ3v) is 1.44. The number of nitrogens with two attached hydrogens (primary N) is 1. The highest BCUT2D eigenvalue weighted by Gasteiger charge is 2.73. The molecule has 0 aliphatic carbocycles. The predicted molar refractivity (Wildman–Crippen MR) is 34.1 cm³/mol. The van der Waals surface area contributed by atoms with Gasteiger partial charge in [-0.1, -0.05) is 6.58 Å². The third-order valence-electron chi connectivity index (χ3n) is 1.44. The highest BCUT2D eigenvalue weighted by molar-refractivity contribution is 5.16. The lowest BCUT2D eigenvalue weighted by Crippen LogP contribution is -2.53. The van der Waals surface area contributed by atoms with E-state index in [-0.39, 0.29) is 0 Å². The van der Waals surface area contributed by atoms with E-state index in [1.165, 1.54) is 0 Å². The predicted octanol–water partition coefficient (Wildman–Crippen LogP) is 2.33. The van der Waals surface area contributed by atoms with Crippen LogP contribution in [0.5, 0.6) is 0 Å². The van der Waals surface area contributed by atoms with E-state index < -0.39 is 30.1 Å². The second kappa shape index (κ2) is 3.41. The molecule has 8 heteroatoms. The van der Waals surface area contributed by atoms with E-state index >= 15 is 0 Å². The van der Waals surface area contributed by atoms with Crippen molar-refractivity contribution in [1.29, 1.82) is 0 Å². The van der Waals surface area contributed by atoms with E-state index in [9.17, 15) is 30.7 Å². The van der Waals surface area contributed by atoms with Gasteiger partial charge in [0.2, 0.25) is 0 Å². The summed E-state index contributed by atoms with van der Waals surface area (Å²) in [6.07, 6.45) is -6.34. The zero-order valence-electron chi connectivity index (χ0n) is 6.64. The molecular formula is C6H6F7N. The topological polar surface area (TPSA) is 26.0 Å². The Labute approximate surface area is 74.4 Å². The van der Waals surface area contributed by atoms with E-state index in [1.54, 1.807) is 0 Å². The van der Waals surface area contributed by atoms with Crippen molar-refractivity contribution < 1.29 is 30.7 Å². The van der Waals surface area contributed by atoms with Crippen LogP contribution in [0.3, 0.4) is 0 Å². The molecule has 0 aromatic carbocycles. The van der Waals surface area contributed by atoms with Gasteiger partial charge < -0.3 is 5.73 Å². The molecule has 0 aromatic heterocycles. The molecule has 14 heavy (non-hydrogen) atoms. The molecule has 0 rings (SSSR count). The Bertz CT molecular complexity index is 229. The molecule has 84 valence electrons. The molecule has 0 radical (unpaired) electrons. The van der Waals surface area contributed by atoms with Crippen LogP contribution in [0, 0.1) is 0 Å². The molecule has 0 amide bonds. The first kappa shape index (κ1) is 13.2. The average molecular weight is 225 g/mol. The number of halogens is 7. The monoisotopic (exact) mass is 225 g/mol. The lowest BCUT2D eigenvalue weighted by atomic mass is 10.0. The molecule has 0 saturated carbocycles. The van der Waals surface area contributed by atoms with Crippen LogP contribution in [-0.2, 0) is 0 Å². The van der Waals surface area contributed by atoms with Crippen molar-refractivity contribution in [2.75, 3.05) is 6.54 Å². The van der Waals surface area contributed by atoms with Crippen molar-refractivity contribution in [1.82, 2.24) is 0 Å². The fraction of sp³-hybridized carbons (Fsp3) is 0.667. The molecule has 0 bridgehead atoms. The summed E-state index contributed by atoms with van der Waals surface area (Å²) in [5, 5.41) is 0. The lowest BCUT2D eigenvalue weighted by Gasteiger charge is -2.28. The quantitative estimate of drug-likeness (QED) is 0.579. The van der Waals surface area contributed by atoms with E-state index in [0.29, 0.717) is 0 Å². The molecule has 0 aliphatic heterocycles. The van der Waals surface area contributed by atoms with Crippen LogP contribution in [0.15, 0.2) is 12.2 Å². The Balaban J connectivity index is 5.18. The molecule has 1 nitrogen and oxygen atoms in total. The van der Waals surface area contributed by atoms with Crippen LogP contribution in [0.1, 0.15) is 0 Å². The van der Waals surface area contributed by atoms with Crippen LogP contribution < -0.4 is 5.73 Å². The Hall–Kier alpha value is -0.790. The highest BCUT2D eigenvalue weighted by Crippen LogP contribution is 2.48. The largest absolute Gasteiger partial charge is 0.460 e. The summed E-state index contributed by atoms with van der Waals surface area (Å²) in [7, 11) is 0. The van der Waals surface area contributed by atoms with Crippen LogP contribution >= 0.6 is 0 Å². The second-order valence-corrected chi connectivity index (χ2v) is 2.45. The fourth-order valence-electron chi connectivity index (χ4n) is 0.528. The summed E-state index contributed by atoms with van der Waals surface area (Å²) in [5.41, 5.74) is 2.85. The summed E-state index contributed by atoms with van der Waals surface area (Å²) >= 11 is 0. The maximum Gasteiger partial charge on any atom is 0.460 e. The van der Waals surface area contributed by atoms with Gasteiger partial charge in [0.1, 0.15) is 0 Å². The van der Waals surface area contributed by atoms with Gasteiger partial charge in [0.05, 0.1) is 0 Å². The number of hydrogen-bond acceptors (Lipinski definition) is 1. The minimum absolute atomic E-state index is 1.15. The Kier molecular flexibility index (Phi) is 3.22. The number of hydrogen-bond donors (Lipinski definition) is 1. The van der Waals surface area contributed by atoms with Crippen molar-refractivity contribution in [3.63, 3.8) is 0 Å². The molecular weight excluding hydrogens is 219 g/mol. The zero-order valence-corrected chi connectivity index (χ0v) is 6.64. The third kappa shape index (κ3) is 1.84. The molecule has 0 fully saturated rings. The smallest absolute Gasteiger partial charge is 0.327 e. The summed E-state index contributed by atoms with van der Waals surface area (Å²) in [6, 6.07) is 0. The Morgan fingerprint density at radius 1 is 1.00 bits per heavy atom. The normalized spacial score (nSPS) is 14.3. The van der Waals surface area contributed by atoms with E-state index in [0.717, 1.165) is 0 Å². The van der Waals surface area contributed by atoms with Gasteiger partial charge in [-0.15, -0.1) is 0 Å². The lowest BCUT2D eigenvalue weighted by molar-refractivity contribution is -0.344. The first-order valence-corrected chi connectivity index (χ1v) is 3.19. The van der Waals surface area contributed by atoms with Gasteiger partial charge in [0.15, 0.2) is 0 Å². The molecule has 0 saturated heterocycles. The molecule has 0 unspecified atom stereocenters. The zero-order chi connectivity index (χ0) is 11.8. The molecule has 0 spiro atoms. The van der Waals surface area contributed by atoms with Gasteiger partial charge in [0, 0.05) is 12.1 Å². The Morgan fingerprint density at radius 3 is 1.57 bits per heavy atom. The minimum atomic E-state index is -6.34. The van der Waals surface area contributed by atoms with Gasteiger partial charge in [-0.25, -0.2) is 0 Å². The highest BCUT2D eigenvalue weighted by atomic mass is 19.4. The van der Waals surface area contributed by atoms with Crippen molar-refractivity contribution in [2.24, 2.45) is 5.73 Å². The first-order chi connectivity index (χ1) is 5.98. The van der Waals surface area contributed by atoms with Crippen LogP contribution in [-0.4, -0.2) is 24.6 Å². The first-order valence-electron chi connectivity index (χ1n) is 3.19. The maximum absolute atomic E-state index is 12.4. The molecule has 0 aromatic rings. The van der Waals surface area contributed by atoms with Crippen LogP contribution in [0.25, 0.3) is 0 Å². The van der Waals surface area contributed by atoms with E-state index in [4.69, 9.17) is 0 Å². The van der Waals surface area contributed by atoms with Gasteiger partial charge in [-0.3, -0.25) is 0 Å². The SMILES string of the molecule is C=C(CN)C(F)(F)C(F)(F)C(F)(F)F. The van der Waals surface area contributed by atoms with Gasteiger partial charge in [-0.05, 0) is 0 Å². The average Bonchev–Trinajstić information content (AvgIpc) is 2.00. The number of rotatable bonds is 3. The maximum atomic E-state index is 12.4. The number of alkyl halides is 7. The van der Waals surface area contributed by atoms with Gasteiger partial charge in [-0.2, -0.15) is 30.7 Å². The van der Waals surface area contributed by atoms with Gasteiger partial charge >= 0.3 is 18.0 Å². The van der Waals surface area contributed by atoms with Crippen LogP contribution in [0.4, 0.5) is 30.7 Å². The van der Waals surface area contributed by atoms with Crippen molar-refractivity contribution in [3.05, 3.63) is 12.2 Å². The van der Waals surface area contributed by atoms with E-state index in [1.807, 2.05) is 0 Å². The minimum Gasteiger partial charge on any atom is -0.327 e. The van der Waals surface area contributed by atoms with Gasteiger partial charge in [0.25, 0.3) is 0 Å². The van der Waals surface area contributed by atoms with E-state index in [2.05, 4.69) is 12.3 Å². The molecule has 2 N–H and O–H groups in total. The van der Waals surface area contributed by atoms with Crippen molar-refractivity contribution >= 4 is 0 Å². The molecule has 0 atom stereocenters. The summed E-state index contributed by atoms with van der Waals surface area (Å²) in [4.78, 5) is 0. The fourth-order valence-corrected chi connectivity index (χ4v) is 0.528.